The van der Waals surface area contributed by atoms with Gasteiger partial charge in [-0.25, -0.2) is 9.37 Å². The molecule has 0 bridgehead atoms. The third-order valence-corrected chi connectivity index (χ3v) is 2.56. The number of hydrogen-bond donors (Lipinski definition) is 0. The van der Waals surface area contributed by atoms with Crippen LogP contribution in [-0.4, -0.2) is 10.9 Å². The first-order chi connectivity index (χ1) is 7.20. The average molecular weight is 248 g/mol. The molecule has 80 valence electrons. The van der Waals surface area contributed by atoms with Crippen molar-refractivity contribution in [1.82, 2.24) is 4.98 Å². The van der Waals surface area contributed by atoms with Crippen LogP contribution in [-0.2, 0) is 6.42 Å². The summed E-state index contributed by atoms with van der Waals surface area (Å²) in [6, 6.07) is 2.70. The maximum absolute atomic E-state index is 13.1. The Balaban J connectivity index is 2.38. The third kappa shape index (κ3) is 2.24. The molecule has 0 spiro atoms. The van der Waals surface area contributed by atoms with Gasteiger partial charge in [-0.05, 0) is 12.5 Å². The molecule has 1 heterocycles. The van der Waals surface area contributed by atoms with Crippen molar-refractivity contribution in [3.8, 4) is 0 Å². The summed E-state index contributed by atoms with van der Waals surface area (Å²) in [5, 5.41) is 0.0553. The van der Waals surface area contributed by atoms with Crippen molar-refractivity contribution in [2.45, 2.75) is 12.8 Å². The topological polar surface area (TPSA) is 26.0 Å². The van der Waals surface area contributed by atoms with Crippen LogP contribution in [0.1, 0.15) is 12.3 Å². The van der Waals surface area contributed by atoms with Gasteiger partial charge in [-0.1, -0.05) is 11.6 Å². The Labute approximate surface area is 96.0 Å². The lowest BCUT2D eigenvalue weighted by molar-refractivity contribution is 0.523. The SMILES string of the molecule is Fc1cc2oc(CCCCl)nc2cc1Cl. The molecular weight excluding hydrogens is 240 g/mol. The summed E-state index contributed by atoms with van der Waals surface area (Å²) in [6.07, 6.45) is 1.43. The first kappa shape index (κ1) is 10.7. The maximum Gasteiger partial charge on any atom is 0.195 e. The molecule has 15 heavy (non-hydrogen) atoms. The second-order valence-corrected chi connectivity index (χ2v) is 3.92. The first-order valence-electron chi connectivity index (χ1n) is 4.51. The fourth-order valence-electron chi connectivity index (χ4n) is 1.30. The number of aryl methyl sites for hydroxylation is 1. The van der Waals surface area contributed by atoms with Gasteiger partial charge >= 0.3 is 0 Å². The van der Waals surface area contributed by atoms with E-state index in [1.54, 1.807) is 0 Å². The van der Waals surface area contributed by atoms with Crippen molar-refractivity contribution in [3.63, 3.8) is 0 Å². The minimum atomic E-state index is -0.496. The third-order valence-electron chi connectivity index (χ3n) is 2.00. The molecule has 0 radical (unpaired) electrons. The molecule has 0 aliphatic rings. The zero-order valence-electron chi connectivity index (χ0n) is 7.77. The van der Waals surface area contributed by atoms with Gasteiger partial charge in [-0.3, -0.25) is 0 Å². The highest BCUT2D eigenvalue weighted by Crippen LogP contribution is 2.23. The van der Waals surface area contributed by atoms with Gasteiger partial charge in [0, 0.05) is 18.4 Å². The van der Waals surface area contributed by atoms with Gasteiger partial charge in [0.25, 0.3) is 0 Å². The fraction of sp³-hybridized carbons (Fsp3) is 0.300. The van der Waals surface area contributed by atoms with Crippen LogP contribution >= 0.6 is 23.2 Å². The van der Waals surface area contributed by atoms with E-state index in [1.807, 2.05) is 0 Å². The Morgan fingerprint density at radius 2 is 2.20 bits per heavy atom. The summed E-state index contributed by atoms with van der Waals surface area (Å²) in [5.74, 6) is 0.616. The maximum atomic E-state index is 13.1. The standard InChI is InChI=1S/C10H8Cl2FNO/c11-3-1-2-10-14-8-4-6(12)7(13)5-9(8)15-10/h4-5H,1-3H2. The summed E-state index contributed by atoms with van der Waals surface area (Å²) in [7, 11) is 0. The van der Waals surface area contributed by atoms with Crippen molar-refractivity contribution >= 4 is 34.3 Å². The zero-order chi connectivity index (χ0) is 10.8. The van der Waals surface area contributed by atoms with Crippen molar-refractivity contribution < 1.29 is 8.81 Å². The quantitative estimate of drug-likeness (QED) is 0.772. The second-order valence-electron chi connectivity index (χ2n) is 3.13. The number of halogens is 3. The van der Waals surface area contributed by atoms with E-state index in [2.05, 4.69) is 4.98 Å². The number of benzene rings is 1. The molecule has 1 aromatic heterocycles. The number of fused-ring (bicyclic) bond motifs is 1. The van der Waals surface area contributed by atoms with Gasteiger partial charge in [0.1, 0.15) is 11.3 Å². The van der Waals surface area contributed by atoms with Gasteiger partial charge in [-0.2, -0.15) is 0 Å². The van der Waals surface area contributed by atoms with E-state index in [1.165, 1.54) is 12.1 Å². The van der Waals surface area contributed by atoms with E-state index < -0.39 is 5.82 Å². The minimum absolute atomic E-state index is 0.0553. The average Bonchev–Trinajstić information content (AvgIpc) is 2.58. The highest BCUT2D eigenvalue weighted by Gasteiger charge is 2.09. The zero-order valence-corrected chi connectivity index (χ0v) is 9.28. The van der Waals surface area contributed by atoms with Crippen molar-refractivity contribution in [3.05, 3.63) is 28.9 Å². The molecular formula is C10H8Cl2FNO. The van der Waals surface area contributed by atoms with Crippen LogP contribution in [0.25, 0.3) is 11.1 Å². The van der Waals surface area contributed by atoms with Crippen LogP contribution in [0.2, 0.25) is 5.02 Å². The highest BCUT2D eigenvalue weighted by molar-refractivity contribution is 6.31. The van der Waals surface area contributed by atoms with Gasteiger partial charge in [0.2, 0.25) is 0 Å². The minimum Gasteiger partial charge on any atom is -0.441 e. The first-order valence-corrected chi connectivity index (χ1v) is 5.42. The number of aromatic nitrogens is 1. The Kier molecular flexibility index (Phi) is 3.12. The summed E-state index contributed by atoms with van der Waals surface area (Å²) in [6.45, 7) is 0. The molecule has 2 nitrogen and oxygen atoms in total. The monoisotopic (exact) mass is 247 g/mol. The molecule has 1 aromatic carbocycles. The van der Waals surface area contributed by atoms with Crippen LogP contribution in [0.15, 0.2) is 16.5 Å². The molecule has 0 fully saturated rings. The number of oxazole rings is 1. The highest BCUT2D eigenvalue weighted by atomic mass is 35.5. The molecule has 5 heteroatoms. The lowest BCUT2D eigenvalue weighted by Crippen LogP contribution is -1.84. The molecule has 2 aromatic rings. The van der Waals surface area contributed by atoms with Crippen molar-refractivity contribution in [1.29, 1.82) is 0 Å². The van der Waals surface area contributed by atoms with Crippen LogP contribution in [0.3, 0.4) is 0 Å². The van der Waals surface area contributed by atoms with E-state index in [4.69, 9.17) is 27.6 Å². The van der Waals surface area contributed by atoms with Gasteiger partial charge in [0.05, 0.1) is 5.02 Å². The van der Waals surface area contributed by atoms with E-state index in [-0.39, 0.29) is 5.02 Å². The molecule has 0 unspecified atom stereocenters. The van der Waals surface area contributed by atoms with Crippen LogP contribution in [0, 0.1) is 5.82 Å². The van der Waals surface area contributed by atoms with Crippen molar-refractivity contribution in [2.24, 2.45) is 0 Å². The van der Waals surface area contributed by atoms with Crippen molar-refractivity contribution in [2.75, 3.05) is 5.88 Å². The number of rotatable bonds is 3. The van der Waals surface area contributed by atoms with Crippen LogP contribution < -0.4 is 0 Å². The van der Waals surface area contributed by atoms with E-state index in [0.29, 0.717) is 29.3 Å². The van der Waals surface area contributed by atoms with E-state index >= 15 is 0 Å². The lowest BCUT2D eigenvalue weighted by atomic mass is 10.3. The molecule has 0 saturated heterocycles. The molecule has 0 aliphatic carbocycles. The van der Waals surface area contributed by atoms with Gasteiger partial charge < -0.3 is 4.42 Å². The summed E-state index contributed by atoms with van der Waals surface area (Å²) < 4.78 is 18.4. The molecule has 2 rings (SSSR count). The van der Waals surface area contributed by atoms with E-state index in [9.17, 15) is 4.39 Å². The fourth-order valence-corrected chi connectivity index (χ4v) is 1.59. The van der Waals surface area contributed by atoms with Gasteiger partial charge in [-0.15, -0.1) is 11.6 Å². The number of hydrogen-bond acceptors (Lipinski definition) is 2. The summed E-state index contributed by atoms with van der Waals surface area (Å²) in [4.78, 5) is 4.18. The normalized spacial score (nSPS) is 11.1. The summed E-state index contributed by atoms with van der Waals surface area (Å²) >= 11 is 11.2. The number of nitrogens with zero attached hydrogens (tertiary/aromatic N) is 1. The Morgan fingerprint density at radius 3 is 2.93 bits per heavy atom. The predicted octanol–water partition coefficient (Wildman–Crippen LogP) is 3.79. The Bertz CT molecular complexity index is 444. The number of alkyl halides is 1. The van der Waals surface area contributed by atoms with Gasteiger partial charge in [0.15, 0.2) is 11.5 Å². The largest absolute Gasteiger partial charge is 0.441 e. The molecule has 0 N–H and O–H groups in total. The molecule has 0 atom stereocenters. The smallest absolute Gasteiger partial charge is 0.195 e. The Morgan fingerprint density at radius 1 is 1.40 bits per heavy atom. The lowest BCUT2D eigenvalue weighted by Gasteiger charge is -1.90. The predicted molar refractivity (Wildman–Crippen MR) is 58.0 cm³/mol. The molecule has 0 saturated carbocycles. The van der Waals surface area contributed by atoms with Crippen LogP contribution in [0.5, 0.6) is 0 Å². The Hall–Kier alpha value is -0.800. The second kappa shape index (κ2) is 4.37. The molecule has 0 aliphatic heterocycles. The molecule has 0 amide bonds. The van der Waals surface area contributed by atoms with E-state index in [0.717, 1.165) is 6.42 Å². The summed E-state index contributed by atoms with van der Waals surface area (Å²) in [5.41, 5.74) is 0.993. The van der Waals surface area contributed by atoms with Crippen LogP contribution in [0.4, 0.5) is 4.39 Å².